The first-order valence-corrected chi connectivity index (χ1v) is 6.17. The van der Waals surface area contributed by atoms with Crippen LogP contribution in [0.4, 0.5) is 18.9 Å². The number of benzene rings is 1. The van der Waals surface area contributed by atoms with E-state index in [0.717, 1.165) is 30.9 Å². The molecule has 3 nitrogen and oxygen atoms in total. The Labute approximate surface area is 110 Å². The van der Waals surface area contributed by atoms with E-state index in [1.807, 2.05) is 11.9 Å². The van der Waals surface area contributed by atoms with Gasteiger partial charge in [0.05, 0.1) is 18.3 Å². The Morgan fingerprint density at radius 2 is 2.00 bits per heavy atom. The zero-order valence-corrected chi connectivity index (χ0v) is 10.7. The van der Waals surface area contributed by atoms with Crippen molar-refractivity contribution >= 4 is 5.69 Å². The quantitative estimate of drug-likeness (QED) is 0.914. The number of nitrogens with one attached hydrogen (secondary N) is 1. The van der Waals surface area contributed by atoms with Crippen LogP contribution in [0.2, 0.25) is 0 Å². The van der Waals surface area contributed by atoms with Gasteiger partial charge in [-0.1, -0.05) is 0 Å². The fourth-order valence-electron chi connectivity index (χ4n) is 2.05. The largest absolute Gasteiger partial charge is 0.416 e. The van der Waals surface area contributed by atoms with E-state index in [2.05, 4.69) is 5.32 Å². The van der Waals surface area contributed by atoms with E-state index in [1.165, 1.54) is 12.1 Å². The fourth-order valence-corrected chi connectivity index (χ4v) is 2.05. The van der Waals surface area contributed by atoms with E-state index in [-0.39, 0.29) is 6.10 Å². The second kappa shape index (κ2) is 5.79. The van der Waals surface area contributed by atoms with Crippen LogP contribution in [0.15, 0.2) is 24.3 Å². The van der Waals surface area contributed by atoms with E-state index >= 15 is 0 Å². The monoisotopic (exact) mass is 274 g/mol. The molecule has 0 spiro atoms. The van der Waals surface area contributed by atoms with Gasteiger partial charge in [0, 0.05) is 32.4 Å². The van der Waals surface area contributed by atoms with Crippen molar-refractivity contribution < 1.29 is 17.9 Å². The summed E-state index contributed by atoms with van der Waals surface area (Å²) in [6.45, 7) is 2.94. The van der Waals surface area contributed by atoms with Crippen LogP contribution in [0.25, 0.3) is 0 Å². The molecular formula is C13H17F3N2O. The third-order valence-electron chi connectivity index (χ3n) is 3.12. The number of hydrogen-bond acceptors (Lipinski definition) is 3. The molecule has 19 heavy (non-hydrogen) atoms. The number of anilines is 1. The van der Waals surface area contributed by atoms with Gasteiger partial charge in [0.25, 0.3) is 0 Å². The number of morpholine rings is 1. The standard InChI is InChI=1S/C13H17F3N2O/c1-18(9-12-8-17-6-7-19-12)11-4-2-10(3-5-11)13(14,15)16/h2-5,12,17H,6-9H2,1H3. The van der Waals surface area contributed by atoms with E-state index in [0.29, 0.717) is 13.2 Å². The van der Waals surface area contributed by atoms with Gasteiger partial charge in [0.2, 0.25) is 0 Å². The molecule has 1 heterocycles. The molecule has 1 aliphatic heterocycles. The van der Waals surface area contributed by atoms with Gasteiger partial charge in [-0.25, -0.2) is 0 Å². The Kier molecular flexibility index (Phi) is 4.31. The lowest BCUT2D eigenvalue weighted by atomic mass is 10.2. The SMILES string of the molecule is CN(CC1CNCCO1)c1ccc(C(F)(F)F)cc1. The van der Waals surface area contributed by atoms with E-state index < -0.39 is 11.7 Å². The minimum absolute atomic E-state index is 0.0704. The van der Waals surface area contributed by atoms with Gasteiger partial charge >= 0.3 is 6.18 Å². The van der Waals surface area contributed by atoms with Gasteiger partial charge < -0.3 is 15.0 Å². The molecule has 1 aliphatic rings. The first-order chi connectivity index (χ1) is 8.97. The summed E-state index contributed by atoms with van der Waals surface area (Å²) in [5.41, 5.74) is 0.127. The molecule has 0 aliphatic carbocycles. The van der Waals surface area contributed by atoms with Crippen LogP contribution in [-0.4, -0.2) is 39.4 Å². The molecule has 2 rings (SSSR count). The van der Waals surface area contributed by atoms with Crippen molar-refractivity contribution in [1.29, 1.82) is 0 Å². The lowest BCUT2D eigenvalue weighted by Gasteiger charge is -2.29. The number of likely N-dealkylation sites (N-methyl/N-ethyl adjacent to an activating group) is 1. The molecule has 0 amide bonds. The van der Waals surface area contributed by atoms with Crippen LogP contribution in [0.3, 0.4) is 0 Å². The summed E-state index contributed by atoms with van der Waals surface area (Å²) in [5, 5.41) is 3.22. The smallest absolute Gasteiger partial charge is 0.374 e. The Hall–Kier alpha value is -1.27. The van der Waals surface area contributed by atoms with Crippen LogP contribution in [0.1, 0.15) is 5.56 Å². The molecule has 1 saturated heterocycles. The number of nitrogens with zero attached hydrogens (tertiary/aromatic N) is 1. The average molecular weight is 274 g/mol. The van der Waals surface area contributed by atoms with Crippen molar-refractivity contribution in [2.75, 3.05) is 38.2 Å². The molecule has 1 fully saturated rings. The molecule has 1 aromatic rings. The molecule has 1 unspecified atom stereocenters. The van der Waals surface area contributed by atoms with Crippen LogP contribution in [0.5, 0.6) is 0 Å². The van der Waals surface area contributed by atoms with Crippen molar-refractivity contribution in [3.05, 3.63) is 29.8 Å². The summed E-state index contributed by atoms with van der Waals surface area (Å²) in [4.78, 5) is 1.90. The average Bonchev–Trinajstić information content (AvgIpc) is 2.39. The van der Waals surface area contributed by atoms with Crippen molar-refractivity contribution in [3.63, 3.8) is 0 Å². The molecule has 0 radical (unpaired) electrons. The Morgan fingerprint density at radius 3 is 2.53 bits per heavy atom. The molecule has 6 heteroatoms. The molecule has 106 valence electrons. The maximum absolute atomic E-state index is 12.5. The Bertz CT molecular complexity index is 399. The summed E-state index contributed by atoms with van der Waals surface area (Å²) in [7, 11) is 1.85. The van der Waals surface area contributed by atoms with E-state index in [4.69, 9.17) is 4.74 Å². The molecule has 1 atom stereocenters. The summed E-state index contributed by atoms with van der Waals surface area (Å²) in [6.07, 6.45) is -4.21. The molecule has 1 aromatic carbocycles. The topological polar surface area (TPSA) is 24.5 Å². The second-order valence-electron chi connectivity index (χ2n) is 4.62. The molecule has 1 N–H and O–H groups in total. The van der Waals surface area contributed by atoms with E-state index in [1.54, 1.807) is 0 Å². The maximum atomic E-state index is 12.5. The highest BCUT2D eigenvalue weighted by molar-refractivity contribution is 5.47. The second-order valence-corrected chi connectivity index (χ2v) is 4.62. The van der Waals surface area contributed by atoms with Crippen molar-refractivity contribution in [2.45, 2.75) is 12.3 Å². The van der Waals surface area contributed by atoms with Crippen LogP contribution < -0.4 is 10.2 Å². The predicted molar refractivity (Wildman–Crippen MR) is 67.3 cm³/mol. The van der Waals surface area contributed by atoms with E-state index in [9.17, 15) is 13.2 Å². The summed E-state index contributed by atoms with van der Waals surface area (Å²) < 4.78 is 42.9. The van der Waals surface area contributed by atoms with Crippen LogP contribution >= 0.6 is 0 Å². The zero-order chi connectivity index (χ0) is 13.9. The Morgan fingerprint density at radius 1 is 1.32 bits per heavy atom. The normalized spacial score (nSPS) is 20.3. The van der Waals surface area contributed by atoms with Crippen molar-refractivity contribution in [2.24, 2.45) is 0 Å². The van der Waals surface area contributed by atoms with Gasteiger partial charge in [-0.3, -0.25) is 0 Å². The minimum atomic E-state index is -4.28. The van der Waals surface area contributed by atoms with Gasteiger partial charge in [0.1, 0.15) is 0 Å². The van der Waals surface area contributed by atoms with Gasteiger partial charge in [0.15, 0.2) is 0 Å². The molecule has 0 aromatic heterocycles. The number of rotatable bonds is 3. The van der Waals surface area contributed by atoms with Gasteiger partial charge in [-0.15, -0.1) is 0 Å². The number of ether oxygens (including phenoxy) is 1. The first kappa shape index (κ1) is 14.1. The van der Waals surface area contributed by atoms with Crippen molar-refractivity contribution in [1.82, 2.24) is 5.32 Å². The fraction of sp³-hybridized carbons (Fsp3) is 0.538. The van der Waals surface area contributed by atoms with Gasteiger partial charge in [-0.2, -0.15) is 13.2 Å². The number of hydrogen-bond donors (Lipinski definition) is 1. The summed E-state index contributed by atoms with van der Waals surface area (Å²) in [6, 6.07) is 5.18. The molecular weight excluding hydrogens is 257 g/mol. The highest BCUT2D eigenvalue weighted by Crippen LogP contribution is 2.30. The van der Waals surface area contributed by atoms with Crippen molar-refractivity contribution in [3.8, 4) is 0 Å². The number of halogens is 3. The van der Waals surface area contributed by atoms with Gasteiger partial charge in [-0.05, 0) is 24.3 Å². The predicted octanol–water partition coefficient (Wildman–Crippen LogP) is 2.13. The highest BCUT2D eigenvalue weighted by atomic mass is 19.4. The summed E-state index contributed by atoms with van der Waals surface area (Å²) in [5.74, 6) is 0. The maximum Gasteiger partial charge on any atom is 0.416 e. The zero-order valence-electron chi connectivity index (χ0n) is 10.7. The minimum Gasteiger partial charge on any atom is -0.374 e. The lowest BCUT2D eigenvalue weighted by molar-refractivity contribution is -0.137. The van der Waals surface area contributed by atoms with Crippen LogP contribution in [0, 0.1) is 0 Å². The Balaban J connectivity index is 1.97. The molecule has 0 saturated carbocycles. The lowest BCUT2D eigenvalue weighted by Crippen LogP contribution is -2.44. The first-order valence-electron chi connectivity index (χ1n) is 6.17. The summed E-state index contributed by atoms with van der Waals surface area (Å²) >= 11 is 0. The third-order valence-corrected chi connectivity index (χ3v) is 3.12. The highest BCUT2D eigenvalue weighted by Gasteiger charge is 2.30. The third kappa shape index (κ3) is 3.84. The number of alkyl halides is 3. The van der Waals surface area contributed by atoms with Crippen LogP contribution in [-0.2, 0) is 10.9 Å². The molecule has 0 bridgehead atoms.